The second-order valence-corrected chi connectivity index (χ2v) is 12.8. The predicted octanol–water partition coefficient (Wildman–Crippen LogP) is 5.49. The molecular weight excluding hydrogens is 598 g/mol. The number of carbonyl (C=O) groups excluding carboxylic acids is 1. The van der Waals surface area contributed by atoms with Crippen molar-refractivity contribution in [1.29, 1.82) is 5.26 Å². The summed E-state index contributed by atoms with van der Waals surface area (Å²) in [6.45, 7) is 11.3. The average molecular weight is 644 g/mol. The molecule has 0 bridgehead atoms. The van der Waals surface area contributed by atoms with Crippen LogP contribution in [-0.2, 0) is 15.9 Å². The van der Waals surface area contributed by atoms with E-state index in [4.69, 9.17) is 28.7 Å². The molecule has 2 aromatic carbocycles. The minimum Gasteiger partial charge on any atom is -0.493 e. The lowest BCUT2D eigenvalue weighted by Gasteiger charge is -2.35. The molecule has 0 saturated carbocycles. The van der Waals surface area contributed by atoms with E-state index >= 15 is 0 Å². The number of hydrogen-bond donors (Lipinski definition) is 0. The van der Waals surface area contributed by atoms with Crippen LogP contribution in [0.2, 0.25) is 0 Å². The van der Waals surface area contributed by atoms with E-state index < -0.39 is 5.60 Å². The molecule has 0 unspecified atom stereocenters. The van der Waals surface area contributed by atoms with Gasteiger partial charge in [-0.25, -0.2) is 14.8 Å². The van der Waals surface area contributed by atoms with Gasteiger partial charge in [0.05, 0.1) is 38.2 Å². The molecule has 0 N–H and O–H groups in total. The molecule has 3 heterocycles. The zero-order chi connectivity index (χ0) is 33.2. The van der Waals surface area contributed by atoms with Crippen molar-refractivity contribution in [2.75, 3.05) is 59.7 Å². The number of carbonyl (C=O) groups is 1. The highest BCUT2D eigenvalue weighted by Crippen LogP contribution is 2.30. The number of nitrogens with zero attached hydrogens (tertiary/aromatic N) is 5. The Balaban J connectivity index is 1.15. The van der Waals surface area contributed by atoms with Crippen molar-refractivity contribution in [3.05, 3.63) is 65.6 Å². The lowest BCUT2D eigenvalue weighted by Crippen LogP contribution is -2.50. The summed E-state index contributed by atoms with van der Waals surface area (Å²) < 4.78 is 28.8. The average Bonchev–Trinajstić information content (AvgIpc) is 3.07. The second kappa shape index (κ2) is 15.9. The van der Waals surface area contributed by atoms with Crippen LogP contribution in [0.5, 0.6) is 17.2 Å². The van der Waals surface area contributed by atoms with Crippen LogP contribution in [0, 0.1) is 11.3 Å². The van der Waals surface area contributed by atoms with Crippen molar-refractivity contribution in [3.8, 4) is 34.6 Å². The third kappa shape index (κ3) is 9.80. The summed E-state index contributed by atoms with van der Waals surface area (Å²) in [6, 6.07) is 15.6. The second-order valence-electron chi connectivity index (χ2n) is 12.8. The summed E-state index contributed by atoms with van der Waals surface area (Å²) in [5.74, 6) is 2.59. The molecule has 2 aliphatic heterocycles. The number of methoxy groups -OCH3 is 1. The molecule has 0 radical (unpaired) electrons. The van der Waals surface area contributed by atoms with Crippen LogP contribution < -0.4 is 14.2 Å². The van der Waals surface area contributed by atoms with Gasteiger partial charge in [0.15, 0.2) is 11.5 Å². The number of rotatable bonds is 11. The minimum atomic E-state index is -0.488. The first-order chi connectivity index (χ1) is 22.7. The molecule has 2 fully saturated rings. The largest absolute Gasteiger partial charge is 0.493 e. The predicted molar refractivity (Wildman–Crippen MR) is 177 cm³/mol. The zero-order valence-corrected chi connectivity index (χ0v) is 27.9. The lowest BCUT2D eigenvalue weighted by atomic mass is 10.1. The molecule has 2 saturated heterocycles. The Morgan fingerprint density at radius 2 is 1.79 bits per heavy atom. The van der Waals surface area contributed by atoms with E-state index in [1.54, 1.807) is 18.2 Å². The summed E-state index contributed by atoms with van der Waals surface area (Å²) >= 11 is 0. The highest BCUT2D eigenvalue weighted by atomic mass is 16.6. The maximum atomic E-state index is 12.3. The van der Waals surface area contributed by atoms with Crippen molar-refractivity contribution in [2.45, 2.75) is 58.2 Å². The van der Waals surface area contributed by atoms with Crippen molar-refractivity contribution in [1.82, 2.24) is 19.8 Å². The van der Waals surface area contributed by atoms with Crippen LogP contribution in [0.4, 0.5) is 4.79 Å². The zero-order valence-electron chi connectivity index (χ0n) is 27.9. The third-order valence-electron chi connectivity index (χ3n) is 8.05. The normalized spacial score (nSPS) is 15.9. The van der Waals surface area contributed by atoms with Gasteiger partial charge in [0.2, 0.25) is 0 Å². The van der Waals surface area contributed by atoms with E-state index in [1.165, 1.54) is 0 Å². The smallest absolute Gasteiger partial charge is 0.410 e. The lowest BCUT2D eigenvalue weighted by molar-refractivity contribution is 0.0141. The quantitative estimate of drug-likeness (QED) is 0.248. The van der Waals surface area contributed by atoms with Crippen LogP contribution in [0.15, 0.2) is 48.7 Å². The molecule has 0 aliphatic carbocycles. The fourth-order valence-corrected chi connectivity index (χ4v) is 5.58. The van der Waals surface area contributed by atoms with Gasteiger partial charge in [-0.05, 0) is 69.2 Å². The first-order valence-electron chi connectivity index (χ1n) is 16.3. The monoisotopic (exact) mass is 643 g/mol. The molecule has 1 amide bonds. The van der Waals surface area contributed by atoms with Gasteiger partial charge in [-0.2, -0.15) is 5.26 Å². The van der Waals surface area contributed by atoms with Gasteiger partial charge in [0, 0.05) is 63.7 Å². The van der Waals surface area contributed by atoms with E-state index in [9.17, 15) is 10.1 Å². The summed E-state index contributed by atoms with van der Waals surface area (Å²) in [7, 11) is 1.63. The van der Waals surface area contributed by atoms with Gasteiger partial charge in [-0.15, -0.1) is 0 Å². The number of nitriles is 1. The molecule has 1 aromatic heterocycles. The van der Waals surface area contributed by atoms with Crippen LogP contribution in [0.3, 0.4) is 0 Å². The number of aromatic nitrogens is 2. The van der Waals surface area contributed by atoms with E-state index in [0.29, 0.717) is 68.0 Å². The number of benzene rings is 2. The summed E-state index contributed by atoms with van der Waals surface area (Å²) in [4.78, 5) is 25.8. The van der Waals surface area contributed by atoms with Gasteiger partial charge in [-0.1, -0.05) is 6.07 Å². The number of amides is 1. The fraction of sp³-hybridized carbons (Fsp3) is 0.500. The van der Waals surface area contributed by atoms with Crippen LogP contribution >= 0.6 is 0 Å². The van der Waals surface area contributed by atoms with Crippen LogP contribution in [0.25, 0.3) is 11.3 Å². The van der Waals surface area contributed by atoms with Gasteiger partial charge < -0.3 is 28.6 Å². The molecule has 2 aliphatic rings. The SMILES string of the molecule is COc1ccc(Cc2nccc(-c3ccc(OC4CCOCC4)c(C#N)c3)n2)cc1OCCCN1CCN(C(=O)OC(C)(C)C)CC1. The van der Waals surface area contributed by atoms with Gasteiger partial charge in [0.1, 0.15) is 29.3 Å². The van der Waals surface area contributed by atoms with E-state index in [1.807, 2.05) is 63.2 Å². The highest BCUT2D eigenvalue weighted by Gasteiger charge is 2.25. The maximum Gasteiger partial charge on any atom is 0.410 e. The standard InChI is InChI=1S/C36H45N5O6/c1-36(2,3)47-35(42)41-17-15-40(16-18-41)14-5-19-45-33-22-26(6-8-32(33)43-4)23-34-38-13-10-30(39-34)27-7-9-31(28(24-27)25-37)46-29-11-20-44-21-12-29/h6-10,13,22,24,29H,5,11-12,14-21,23H2,1-4H3. The number of piperazine rings is 1. The van der Waals surface area contributed by atoms with Crippen molar-refractivity contribution < 1.29 is 28.5 Å². The Labute approximate surface area is 277 Å². The Hall–Kier alpha value is -4.40. The van der Waals surface area contributed by atoms with Crippen molar-refractivity contribution in [2.24, 2.45) is 0 Å². The molecule has 11 nitrogen and oxygen atoms in total. The third-order valence-corrected chi connectivity index (χ3v) is 8.05. The highest BCUT2D eigenvalue weighted by molar-refractivity contribution is 5.68. The van der Waals surface area contributed by atoms with Crippen LogP contribution in [0.1, 0.15) is 57.0 Å². The summed E-state index contributed by atoms with van der Waals surface area (Å²) in [5.41, 5.74) is 2.55. The number of hydrogen-bond acceptors (Lipinski definition) is 10. The summed E-state index contributed by atoms with van der Waals surface area (Å²) in [6.07, 6.45) is 4.53. The molecule has 0 spiro atoms. The summed E-state index contributed by atoms with van der Waals surface area (Å²) in [5, 5.41) is 9.81. The molecule has 5 rings (SSSR count). The molecule has 11 heteroatoms. The van der Waals surface area contributed by atoms with Crippen LogP contribution in [-0.4, -0.2) is 97.2 Å². The van der Waals surface area contributed by atoms with Gasteiger partial charge >= 0.3 is 6.09 Å². The van der Waals surface area contributed by atoms with Gasteiger partial charge in [-0.3, -0.25) is 4.90 Å². The number of ether oxygens (including phenoxy) is 5. The maximum absolute atomic E-state index is 12.3. The molecule has 47 heavy (non-hydrogen) atoms. The van der Waals surface area contributed by atoms with Gasteiger partial charge in [0.25, 0.3) is 0 Å². The first kappa shape index (κ1) is 33.9. The van der Waals surface area contributed by atoms with E-state index in [0.717, 1.165) is 55.7 Å². The molecule has 250 valence electrons. The first-order valence-corrected chi connectivity index (χ1v) is 16.3. The Morgan fingerprint density at radius 1 is 1.02 bits per heavy atom. The molecule has 3 aromatic rings. The fourth-order valence-electron chi connectivity index (χ4n) is 5.58. The Morgan fingerprint density at radius 3 is 2.51 bits per heavy atom. The molecule has 0 atom stereocenters. The molecular formula is C36H45N5O6. The van der Waals surface area contributed by atoms with Crippen molar-refractivity contribution >= 4 is 6.09 Å². The Bertz CT molecular complexity index is 1540. The van der Waals surface area contributed by atoms with Crippen molar-refractivity contribution in [3.63, 3.8) is 0 Å². The topological polar surface area (TPSA) is 119 Å². The van der Waals surface area contributed by atoms with E-state index in [-0.39, 0.29) is 12.2 Å². The van der Waals surface area contributed by atoms with E-state index in [2.05, 4.69) is 16.0 Å². The Kier molecular flexibility index (Phi) is 11.5. The minimum absolute atomic E-state index is 0.0547.